The fourth-order valence-corrected chi connectivity index (χ4v) is 3.70. The predicted octanol–water partition coefficient (Wildman–Crippen LogP) is 2.59. The van der Waals surface area contributed by atoms with Crippen molar-refractivity contribution < 1.29 is 4.79 Å². The summed E-state index contributed by atoms with van der Waals surface area (Å²) in [5, 5.41) is 4.74. The van der Waals surface area contributed by atoms with Gasteiger partial charge in [-0.25, -0.2) is 0 Å². The molecule has 0 radical (unpaired) electrons. The molecule has 0 spiro atoms. The Kier molecular flexibility index (Phi) is 5.21. The third kappa shape index (κ3) is 3.82. The van der Waals surface area contributed by atoms with E-state index in [1.54, 1.807) is 19.0 Å². The van der Waals surface area contributed by atoms with Gasteiger partial charge in [0, 0.05) is 63.8 Å². The highest BCUT2D eigenvalue weighted by Gasteiger charge is 2.28. The zero-order valence-electron chi connectivity index (χ0n) is 16.4. The third-order valence-corrected chi connectivity index (χ3v) is 5.15. The molecule has 1 aliphatic heterocycles. The van der Waals surface area contributed by atoms with E-state index >= 15 is 0 Å². The van der Waals surface area contributed by atoms with Crippen molar-refractivity contribution in [2.45, 2.75) is 26.1 Å². The molecule has 0 atom stereocenters. The van der Waals surface area contributed by atoms with Crippen molar-refractivity contribution in [2.75, 3.05) is 20.6 Å². The van der Waals surface area contributed by atoms with E-state index in [4.69, 9.17) is 5.10 Å². The number of nitrogens with zero attached hydrogens (tertiary/aromatic N) is 5. The molecule has 3 heterocycles. The van der Waals surface area contributed by atoms with Crippen LogP contribution in [0.25, 0.3) is 0 Å². The highest BCUT2D eigenvalue weighted by atomic mass is 16.2. The minimum Gasteiger partial charge on any atom is -0.343 e. The van der Waals surface area contributed by atoms with E-state index in [9.17, 15) is 4.79 Å². The van der Waals surface area contributed by atoms with Gasteiger partial charge in [0.2, 0.25) is 0 Å². The standard InChI is InChI=1S/C22H25N5O/c1-25(2)22(28)21-19-16-26(14-18-8-11-23-12-9-18)13-10-20(19)27(24-21)15-17-6-4-3-5-7-17/h3-9,11-12H,10,13-16H2,1-2H3. The second-order valence-electron chi connectivity index (χ2n) is 7.43. The molecule has 4 rings (SSSR count). The summed E-state index contributed by atoms with van der Waals surface area (Å²) in [6, 6.07) is 14.4. The van der Waals surface area contributed by atoms with E-state index in [-0.39, 0.29) is 5.91 Å². The van der Waals surface area contributed by atoms with Gasteiger partial charge in [0.25, 0.3) is 5.91 Å². The molecule has 1 aromatic carbocycles. The highest BCUT2D eigenvalue weighted by Crippen LogP contribution is 2.25. The lowest BCUT2D eigenvalue weighted by atomic mass is 10.0. The van der Waals surface area contributed by atoms with Crippen molar-refractivity contribution in [3.63, 3.8) is 0 Å². The molecular formula is C22H25N5O. The monoisotopic (exact) mass is 375 g/mol. The first-order valence-corrected chi connectivity index (χ1v) is 9.57. The quantitative estimate of drug-likeness (QED) is 0.688. The molecule has 2 aromatic heterocycles. The molecule has 144 valence electrons. The van der Waals surface area contributed by atoms with Crippen LogP contribution in [-0.4, -0.2) is 51.1 Å². The molecule has 3 aromatic rings. The first kappa shape index (κ1) is 18.4. The van der Waals surface area contributed by atoms with Gasteiger partial charge in [0.1, 0.15) is 0 Å². The van der Waals surface area contributed by atoms with Gasteiger partial charge in [0.05, 0.1) is 6.54 Å². The number of pyridine rings is 1. The van der Waals surface area contributed by atoms with Crippen molar-refractivity contribution in [1.82, 2.24) is 24.6 Å². The maximum atomic E-state index is 12.8. The second kappa shape index (κ2) is 7.94. The van der Waals surface area contributed by atoms with Gasteiger partial charge in [-0.15, -0.1) is 0 Å². The number of aromatic nitrogens is 3. The molecular weight excluding hydrogens is 350 g/mol. The van der Waals surface area contributed by atoms with Crippen LogP contribution in [0.3, 0.4) is 0 Å². The van der Waals surface area contributed by atoms with Crippen LogP contribution < -0.4 is 0 Å². The van der Waals surface area contributed by atoms with Crippen molar-refractivity contribution in [1.29, 1.82) is 0 Å². The van der Waals surface area contributed by atoms with Gasteiger partial charge in [-0.05, 0) is 23.3 Å². The second-order valence-corrected chi connectivity index (χ2v) is 7.43. The molecule has 0 bridgehead atoms. The molecule has 0 saturated carbocycles. The van der Waals surface area contributed by atoms with Crippen molar-refractivity contribution in [3.8, 4) is 0 Å². The first-order valence-electron chi connectivity index (χ1n) is 9.57. The SMILES string of the molecule is CN(C)C(=O)c1nn(Cc2ccccc2)c2c1CN(Cc1ccncc1)CC2. The van der Waals surface area contributed by atoms with Crippen LogP contribution in [0.15, 0.2) is 54.9 Å². The average Bonchev–Trinajstić information content (AvgIpc) is 3.06. The van der Waals surface area contributed by atoms with Crippen molar-refractivity contribution in [2.24, 2.45) is 0 Å². The number of hydrogen-bond donors (Lipinski definition) is 0. The minimum absolute atomic E-state index is 0.0335. The topological polar surface area (TPSA) is 54.3 Å². The maximum absolute atomic E-state index is 12.8. The van der Waals surface area contributed by atoms with Gasteiger partial charge < -0.3 is 4.90 Å². The van der Waals surface area contributed by atoms with E-state index in [0.717, 1.165) is 31.6 Å². The molecule has 6 heteroatoms. The number of rotatable bonds is 5. The van der Waals surface area contributed by atoms with Crippen molar-refractivity contribution >= 4 is 5.91 Å². The summed E-state index contributed by atoms with van der Waals surface area (Å²) >= 11 is 0. The van der Waals surface area contributed by atoms with Gasteiger partial charge in [0.15, 0.2) is 5.69 Å². The molecule has 0 unspecified atom stereocenters. The Hall–Kier alpha value is -2.99. The van der Waals surface area contributed by atoms with Crippen LogP contribution in [0.1, 0.15) is 32.9 Å². The average molecular weight is 375 g/mol. The van der Waals surface area contributed by atoms with Crippen LogP contribution >= 0.6 is 0 Å². The Morgan fingerprint density at radius 3 is 2.46 bits per heavy atom. The van der Waals surface area contributed by atoms with E-state index in [2.05, 4.69) is 22.0 Å². The van der Waals surface area contributed by atoms with E-state index in [1.165, 1.54) is 16.8 Å². The van der Waals surface area contributed by atoms with Gasteiger partial charge in [-0.2, -0.15) is 5.10 Å². The summed E-state index contributed by atoms with van der Waals surface area (Å²) in [7, 11) is 3.56. The van der Waals surface area contributed by atoms with Crippen LogP contribution in [0.4, 0.5) is 0 Å². The summed E-state index contributed by atoms with van der Waals surface area (Å²) in [6.07, 6.45) is 4.54. The fraction of sp³-hybridized carbons (Fsp3) is 0.318. The molecule has 1 aliphatic rings. The zero-order chi connectivity index (χ0) is 19.5. The smallest absolute Gasteiger partial charge is 0.274 e. The molecule has 0 aliphatic carbocycles. The lowest BCUT2D eigenvalue weighted by molar-refractivity contribution is 0.0818. The molecule has 6 nitrogen and oxygen atoms in total. The number of carbonyl (C=O) groups excluding carboxylic acids is 1. The lowest BCUT2D eigenvalue weighted by Gasteiger charge is -2.28. The number of hydrogen-bond acceptors (Lipinski definition) is 4. The lowest BCUT2D eigenvalue weighted by Crippen LogP contribution is -2.32. The summed E-state index contributed by atoms with van der Waals surface area (Å²) in [4.78, 5) is 20.8. The van der Waals surface area contributed by atoms with E-state index < -0.39 is 0 Å². The highest BCUT2D eigenvalue weighted by molar-refractivity contribution is 5.93. The van der Waals surface area contributed by atoms with Crippen molar-refractivity contribution in [3.05, 3.63) is 82.9 Å². The fourth-order valence-electron chi connectivity index (χ4n) is 3.70. The Bertz CT molecular complexity index is 950. The first-order chi connectivity index (χ1) is 13.6. The molecule has 0 N–H and O–H groups in total. The summed E-state index contributed by atoms with van der Waals surface area (Å²) in [5.74, 6) is -0.0335. The summed E-state index contributed by atoms with van der Waals surface area (Å²) in [5.41, 5.74) is 5.25. The normalized spacial score (nSPS) is 13.9. The maximum Gasteiger partial charge on any atom is 0.274 e. The van der Waals surface area contributed by atoms with Gasteiger partial charge in [-0.1, -0.05) is 30.3 Å². The van der Waals surface area contributed by atoms with E-state index in [1.807, 2.05) is 47.4 Å². The van der Waals surface area contributed by atoms with Crippen LogP contribution in [0, 0.1) is 0 Å². The van der Waals surface area contributed by atoms with E-state index in [0.29, 0.717) is 12.2 Å². The summed E-state index contributed by atoms with van der Waals surface area (Å²) < 4.78 is 2.02. The Morgan fingerprint density at radius 2 is 1.75 bits per heavy atom. The Morgan fingerprint density at radius 1 is 1.04 bits per heavy atom. The molecule has 0 fully saturated rings. The summed E-state index contributed by atoms with van der Waals surface area (Å²) in [6.45, 7) is 3.22. The number of carbonyl (C=O) groups is 1. The minimum atomic E-state index is -0.0335. The Balaban J connectivity index is 1.63. The van der Waals surface area contributed by atoms with Crippen LogP contribution in [0.5, 0.6) is 0 Å². The van der Waals surface area contributed by atoms with Crippen LogP contribution in [0.2, 0.25) is 0 Å². The largest absolute Gasteiger partial charge is 0.343 e. The zero-order valence-corrected chi connectivity index (χ0v) is 16.4. The number of benzene rings is 1. The third-order valence-electron chi connectivity index (χ3n) is 5.15. The molecule has 0 saturated heterocycles. The van der Waals surface area contributed by atoms with Gasteiger partial charge in [-0.3, -0.25) is 19.4 Å². The number of amides is 1. The van der Waals surface area contributed by atoms with Gasteiger partial charge >= 0.3 is 0 Å². The molecule has 1 amide bonds. The Labute approximate surface area is 165 Å². The van der Waals surface area contributed by atoms with Crippen LogP contribution in [-0.2, 0) is 26.1 Å². The molecule has 28 heavy (non-hydrogen) atoms. The predicted molar refractivity (Wildman–Crippen MR) is 108 cm³/mol. The number of fused-ring (bicyclic) bond motifs is 1.